The largest absolute Gasteiger partial charge is 0.0943 e. The van der Waals surface area contributed by atoms with Gasteiger partial charge in [0.2, 0.25) is 0 Å². The van der Waals surface area contributed by atoms with E-state index in [1.165, 1.54) is 99.8 Å². The van der Waals surface area contributed by atoms with Gasteiger partial charge in [-0.1, -0.05) is 195 Å². The summed E-state index contributed by atoms with van der Waals surface area (Å²) in [5.41, 5.74) is 22.4. The zero-order chi connectivity index (χ0) is 40.0. The van der Waals surface area contributed by atoms with Crippen LogP contribution < -0.4 is 0 Å². The Morgan fingerprint density at radius 2 is 0.950 bits per heavy atom. The van der Waals surface area contributed by atoms with Crippen molar-refractivity contribution in [2.24, 2.45) is 0 Å². The summed E-state index contributed by atoms with van der Waals surface area (Å²) in [5.74, 6) is 0.0464. The van der Waals surface area contributed by atoms with Crippen molar-refractivity contribution in [2.75, 3.05) is 0 Å². The quantitative estimate of drug-likeness (QED) is 0.152. The summed E-state index contributed by atoms with van der Waals surface area (Å²) in [7, 11) is 0. The standard InChI is InChI=1S/C60H42/c1-40(49-34-50(42-18-8-3-9-19-42)36-51(35-49)43-20-10-4-11-21-43)60-55-25-15-14-24-54(55)59-38-47(32-33-56(59)60)46-30-31-48-39-57(52-22-12-5-13-23-53(52)58(48)37-46)45-28-26-44(27-29-45)41-16-6-2-7-17-41/h2-21,23-39,60H,1,22H2. The third kappa shape index (κ3) is 6.35. The van der Waals surface area contributed by atoms with Crippen LogP contribution in [0.3, 0.4) is 0 Å². The zero-order valence-corrected chi connectivity index (χ0v) is 33.4. The second kappa shape index (κ2) is 15.0. The van der Waals surface area contributed by atoms with E-state index in [0.29, 0.717) is 0 Å². The van der Waals surface area contributed by atoms with Gasteiger partial charge in [0.25, 0.3) is 0 Å². The maximum atomic E-state index is 4.87. The fraction of sp³-hybridized carbons (Fsp3) is 0.0333. The van der Waals surface area contributed by atoms with Crippen LogP contribution in [0.25, 0.3) is 89.2 Å². The van der Waals surface area contributed by atoms with E-state index in [4.69, 9.17) is 6.58 Å². The van der Waals surface area contributed by atoms with E-state index < -0.39 is 0 Å². The molecule has 0 aromatic heterocycles. The molecule has 0 radical (unpaired) electrons. The first-order valence-electron chi connectivity index (χ1n) is 20.9. The van der Waals surface area contributed by atoms with Crippen molar-refractivity contribution in [2.45, 2.75) is 12.3 Å². The summed E-state index contributed by atoms with van der Waals surface area (Å²) in [6.07, 6.45) is 9.85. The Morgan fingerprint density at radius 3 is 1.65 bits per heavy atom. The first-order chi connectivity index (χ1) is 29.7. The summed E-state index contributed by atoms with van der Waals surface area (Å²) >= 11 is 0. The number of fused-ring (bicyclic) bond motifs is 6. The van der Waals surface area contributed by atoms with Crippen molar-refractivity contribution in [3.63, 3.8) is 0 Å². The van der Waals surface area contributed by atoms with Gasteiger partial charge in [-0.05, 0) is 154 Å². The van der Waals surface area contributed by atoms with Gasteiger partial charge in [-0.3, -0.25) is 0 Å². The maximum Gasteiger partial charge on any atom is 0.0352 e. The molecule has 0 nitrogen and oxygen atoms in total. The van der Waals surface area contributed by atoms with Gasteiger partial charge in [0.15, 0.2) is 0 Å². The molecule has 11 rings (SSSR count). The summed E-state index contributed by atoms with van der Waals surface area (Å²) in [4.78, 5) is 0. The van der Waals surface area contributed by atoms with Crippen LogP contribution in [0.5, 0.6) is 0 Å². The summed E-state index contributed by atoms with van der Waals surface area (Å²) in [6, 6.07) is 73.5. The van der Waals surface area contributed by atoms with E-state index >= 15 is 0 Å². The van der Waals surface area contributed by atoms with Crippen LogP contribution in [-0.2, 0) is 6.42 Å². The zero-order valence-electron chi connectivity index (χ0n) is 33.4. The molecule has 0 heteroatoms. The molecule has 1 unspecified atom stereocenters. The van der Waals surface area contributed by atoms with Gasteiger partial charge < -0.3 is 0 Å². The normalized spacial score (nSPS) is 13.7. The Bertz CT molecular complexity index is 3090. The lowest BCUT2D eigenvalue weighted by molar-refractivity contribution is 1.10. The third-order valence-electron chi connectivity index (χ3n) is 12.6. The molecule has 0 aliphatic heterocycles. The molecule has 0 spiro atoms. The molecule has 1 atom stereocenters. The summed E-state index contributed by atoms with van der Waals surface area (Å²) < 4.78 is 0. The fourth-order valence-corrected chi connectivity index (χ4v) is 9.53. The number of hydrogen-bond donors (Lipinski definition) is 0. The Kier molecular flexibility index (Phi) is 8.90. The predicted molar refractivity (Wildman–Crippen MR) is 256 cm³/mol. The Labute approximate surface area is 352 Å². The van der Waals surface area contributed by atoms with Gasteiger partial charge in [-0.15, -0.1) is 0 Å². The molecule has 60 heavy (non-hydrogen) atoms. The fourth-order valence-electron chi connectivity index (χ4n) is 9.53. The maximum absolute atomic E-state index is 4.87. The van der Waals surface area contributed by atoms with Gasteiger partial charge >= 0.3 is 0 Å². The number of allylic oxidation sites excluding steroid dienone is 4. The molecular formula is C60H42. The number of hydrogen-bond acceptors (Lipinski definition) is 0. The van der Waals surface area contributed by atoms with Crippen LogP contribution in [-0.4, -0.2) is 0 Å². The van der Waals surface area contributed by atoms with Crippen LogP contribution in [0.15, 0.2) is 225 Å². The first-order valence-corrected chi connectivity index (χ1v) is 20.9. The highest BCUT2D eigenvalue weighted by Gasteiger charge is 2.31. The average Bonchev–Trinajstić information content (AvgIpc) is 3.44. The highest BCUT2D eigenvalue weighted by molar-refractivity contribution is 6.00. The summed E-state index contributed by atoms with van der Waals surface area (Å²) in [6.45, 7) is 4.87. The molecule has 0 saturated carbocycles. The number of benzene rings is 9. The molecule has 0 amide bonds. The van der Waals surface area contributed by atoms with Crippen molar-refractivity contribution in [3.05, 3.63) is 253 Å². The minimum Gasteiger partial charge on any atom is -0.0943 e. The lowest BCUT2D eigenvalue weighted by Crippen LogP contribution is -2.01. The van der Waals surface area contributed by atoms with E-state index in [0.717, 1.165) is 17.6 Å². The molecule has 0 fully saturated rings. The van der Waals surface area contributed by atoms with Crippen molar-refractivity contribution in [1.82, 2.24) is 0 Å². The Balaban J connectivity index is 0.985. The topological polar surface area (TPSA) is 0 Å². The van der Waals surface area contributed by atoms with E-state index in [9.17, 15) is 0 Å². The third-order valence-corrected chi connectivity index (χ3v) is 12.6. The van der Waals surface area contributed by atoms with Gasteiger partial charge in [0.05, 0.1) is 0 Å². The lowest BCUT2D eigenvalue weighted by atomic mass is 9.83. The minimum absolute atomic E-state index is 0.0464. The number of rotatable bonds is 7. The van der Waals surface area contributed by atoms with Gasteiger partial charge in [0, 0.05) is 5.92 Å². The van der Waals surface area contributed by atoms with Gasteiger partial charge in [-0.2, -0.15) is 0 Å². The van der Waals surface area contributed by atoms with E-state index in [1.807, 2.05) is 0 Å². The van der Waals surface area contributed by atoms with Crippen molar-refractivity contribution in [1.29, 1.82) is 0 Å². The van der Waals surface area contributed by atoms with E-state index in [-0.39, 0.29) is 5.92 Å². The highest BCUT2D eigenvalue weighted by atomic mass is 14.3. The lowest BCUT2D eigenvalue weighted by Gasteiger charge is -2.20. The monoisotopic (exact) mass is 762 g/mol. The molecule has 2 aliphatic rings. The molecule has 9 aromatic carbocycles. The Morgan fingerprint density at radius 1 is 0.400 bits per heavy atom. The molecule has 282 valence electrons. The minimum atomic E-state index is 0.0464. The van der Waals surface area contributed by atoms with E-state index in [1.54, 1.807) is 0 Å². The van der Waals surface area contributed by atoms with Crippen molar-refractivity contribution >= 4 is 22.4 Å². The SMILES string of the molecule is C=C(c1cc(-c2ccccc2)cc(-c2ccccc2)c1)C1c2ccccc2-c2cc(-c3ccc4cc(-c5ccc(-c6ccccc6)cc5)c5c(c4c3)C=CC=CC5)ccc21. The molecule has 0 N–H and O–H groups in total. The molecule has 0 bridgehead atoms. The highest BCUT2D eigenvalue weighted by Crippen LogP contribution is 2.52. The Hall–Kier alpha value is -7.54. The second-order valence-corrected chi connectivity index (χ2v) is 16.1. The van der Waals surface area contributed by atoms with Crippen LogP contribution >= 0.6 is 0 Å². The summed E-state index contributed by atoms with van der Waals surface area (Å²) in [5, 5.41) is 2.54. The van der Waals surface area contributed by atoms with Gasteiger partial charge in [0.1, 0.15) is 0 Å². The van der Waals surface area contributed by atoms with Crippen LogP contribution in [0.4, 0.5) is 0 Å². The van der Waals surface area contributed by atoms with Gasteiger partial charge in [-0.25, -0.2) is 0 Å². The molecule has 0 heterocycles. The van der Waals surface area contributed by atoms with Crippen LogP contribution in [0.2, 0.25) is 0 Å². The van der Waals surface area contributed by atoms with Crippen molar-refractivity contribution in [3.8, 4) is 66.8 Å². The van der Waals surface area contributed by atoms with Crippen molar-refractivity contribution < 1.29 is 0 Å². The first kappa shape index (κ1) is 35.6. The predicted octanol–water partition coefficient (Wildman–Crippen LogP) is 16.1. The second-order valence-electron chi connectivity index (χ2n) is 16.1. The molecule has 2 aliphatic carbocycles. The van der Waals surface area contributed by atoms with Crippen LogP contribution in [0, 0.1) is 0 Å². The molecule has 9 aromatic rings. The van der Waals surface area contributed by atoms with E-state index in [2.05, 4.69) is 224 Å². The molecular weight excluding hydrogens is 721 g/mol. The smallest absolute Gasteiger partial charge is 0.0352 e. The average molecular weight is 763 g/mol. The van der Waals surface area contributed by atoms with Crippen LogP contribution in [0.1, 0.15) is 33.7 Å². The molecule has 0 saturated heterocycles.